The fourth-order valence-electron chi connectivity index (χ4n) is 5.56. The molecule has 2 aliphatic rings. The van der Waals surface area contributed by atoms with E-state index in [2.05, 4.69) is 6.92 Å². The maximum Gasteiger partial charge on any atom is 0.204 e. The average molecular weight is 439 g/mol. The highest BCUT2D eigenvalue weighted by atomic mass is 28.3. The van der Waals surface area contributed by atoms with E-state index in [0.717, 1.165) is 24.7 Å². The minimum atomic E-state index is -0.952. The maximum absolute atomic E-state index is 14.2. The summed E-state index contributed by atoms with van der Waals surface area (Å²) in [4.78, 5) is 0. The number of hydrogen-bond donors (Lipinski definition) is 0. The molecule has 0 aromatic heterocycles. The molecule has 0 spiro atoms. The van der Waals surface area contributed by atoms with Crippen molar-refractivity contribution in [2.45, 2.75) is 89.8 Å². The summed E-state index contributed by atoms with van der Waals surface area (Å²) >= 11 is 0. The van der Waals surface area contributed by atoms with Crippen LogP contribution >= 0.6 is 0 Å². The summed E-state index contributed by atoms with van der Waals surface area (Å²) in [7, 11) is -0.422. The van der Waals surface area contributed by atoms with Crippen LogP contribution in [-0.4, -0.2) is 22.0 Å². The van der Waals surface area contributed by atoms with Crippen molar-refractivity contribution in [3.8, 4) is 11.5 Å². The molecule has 1 aromatic rings. The monoisotopic (exact) mass is 438 g/mol. The SMILES string of the molecule is CCCCC[SiH]1CCC([C@H]2CC[C@H](COc3ccc(OCC)c(F)c3F)CC2)CC1. The molecular weight excluding hydrogens is 398 g/mol. The number of rotatable bonds is 10. The van der Waals surface area contributed by atoms with Gasteiger partial charge in [-0.25, -0.2) is 0 Å². The van der Waals surface area contributed by atoms with Crippen LogP contribution in [0.1, 0.15) is 71.6 Å². The van der Waals surface area contributed by atoms with Crippen molar-refractivity contribution in [2.24, 2.45) is 17.8 Å². The Balaban J connectivity index is 1.38. The zero-order valence-corrected chi connectivity index (χ0v) is 20.1. The second kappa shape index (κ2) is 12.1. The summed E-state index contributed by atoms with van der Waals surface area (Å²) in [5.74, 6) is 0.345. The number of hydrogen-bond acceptors (Lipinski definition) is 2. The van der Waals surface area contributed by atoms with Crippen LogP contribution < -0.4 is 9.47 Å². The molecule has 5 heteroatoms. The minimum absolute atomic E-state index is 0.00410. The van der Waals surface area contributed by atoms with E-state index >= 15 is 0 Å². The molecular formula is C25H40F2O2Si. The largest absolute Gasteiger partial charge is 0.491 e. The molecule has 30 heavy (non-hydrogen) atoms. The predicted molar refractivity (Wildman–Crippen MR) is 122 cm³/mol. The summed E-state index contributed by atoms with van der Waals surface area (Å²) < 4.78 is 39.0. The van der Waals surface area contributed by atoms with Crippen LogP contribution in [0.2, 0.25) is 18.1 Å². The van der Waals surface area contributed by atoms with Crippen molar-refractivity contribution in [2.75, 3.05) is 13.2 Å². The lowest BCUT2D eigenvalue weighted by Crippen LogP contribution is -2.29. The van der Waals surface area contributed by atoms with E-state index in [1.807, 2.05) is 0 Å². The first kappa shape index (κ1) is 23.6. The fourth-order valence-corrected chi connectivity index (χ4v) is 9.09. The van der Waals surface area contributed by atoms with Crippen LogP contribution in [0.3, 0.4) is 0 Å². The molecule has 1 saturated carbocycles. The highest BCUT2D eigenvalue weighted by Gasteiger charge is 2.31. The summed E-state index contributed by atoms with van der Waals surface area (Å²) in [6, 6.07) is 7.65. The topological polar surface area (TPSA) is 18.5 Å². The van der Waals surface area contributed by atoms with Gasteiger partial charge in [-0.3, -0.25) is 0 Å². The van der Waals surface area contributed by atoms with Crippen molar-refractivity contribution in [3.05, 3.63) is 23.8 Å². The highest BCUT2D eigenvalue weighted by molar-refractivity contribution is 6.58. The first-order valence-electron chi connectivity index (χ1n) is 12.4. The van der Waals surface area contributed by atoms with Crippen molar-refractivity contribution in [3.63, 3.8) is 0 Å². The van der Waals surface area contributed by atoms with Gasteiger partial charge in [0.25, 0.3) is 0 Å². The van der Waals surface area contributed by atoms with Crippen LogP contribution in [-0.2, 0) is 0 Å². The Bertz CT molecular complexity index is 638. The standard InChI is InChI=1S/C25H40F2O2Si/c1-3-5-6-15-30-16-13-21(14-17-30)20-9-7-19(8-10-20)18-29-23-12-11-22(28-4-2)24(26)25(23)27/h11-12,19-21,30H,3-10,13-18H2,1-2H3/t19-,20-,21?,30?. The Kier molecular flexibility index (Phi) is 9.48. The quantitative estimate of drug-likeness (QED) is 0.280. The third-order valence-electron chi connectivity index (χ3n) is 7.45. The molecule has 1 aliphatic heterocycles. The molecule has 0 N–H and O–H groups in total. The average Bonchev–Trinajstić information content (AvgIpc) is 2.78. The molecule has 1 heterocycles. The molecule has 0 bridgehead atoms. The van der Waals surface area contributed by atoms with Crippen molar-refractivity contribution in [1.82, 2.24) is 0 Å². The highest BCUT2D eigenvalue weighted by Crippen LogP contribution is 2.41. The summed E-state index contributed by atoms with van der Waals surface area (Å²) in [6.07, 6.45) is 12.1. The Hall–Kier alpha value is -1.10. The molecule has 1 aromatic carbocycles. The third kappa shape index (κ3) is 6.45. The van der Waals surface area contributed by atoms with Gasteiger partial charge in [0.15, 0.2) is 11.5 Å². The summed E-state index contributed by atoms with van der Waals surface area (Å²) in [5.41, 5.74) is 0. The number of ether oxygens (including phenoxy) is 2. The van der Waals surface area contributed by atoms with Gasteiger partial charge >= 0.3 is 0 Å². The van der Waals surface area contributed by atoms with Crippen LogP contribution in [0.5, 0.6) is 11.5 Å². The normalized spacial score (nSPS) is 27.1. The van der Waals surface area contributed by atoms with Crippen LogP contribution in [0.25, 0.3) is 0 Å². The lowest BCUT2D eigenvalue weighted by atomic mass is 9.74. The second-order valence-electron chi connectivity index (χ2n) is 9.49. The third-order valence-corrected chi connectivity index (χ3v) is 11.0. The predicted octanol–water partition coefficient (Wildman–Crippen LogP) is 7.38. The molecule has 0 radical (unpaired) electrons. The van der Waals surface area contributed by atoms with E-state index in [9.17, 15) is 8.78 Å². The number of unbranched alkanes of at least 4 members (excludes halogenated alkanes) is 2. The molecule has 2 nitrogen and oxygen atoms in total. The maximum atomic E-state index is 14.2. The molecule has 170 valence electrons. The Morgan fingerprint density at radius 2 is 1.43 bits per heavy atom. The molecule has 0 atom stereocenters. The van der Waals surface area contributed by atoms with E-state index in [1.165, 1.54) is 57.1 Å². The van der Waals surface area contributed by atoms with E-state index in [1.54, 1.807) is 25.1 Å². The van der Waals surface area contributed by atoms with E-state index in [-0.39, 0.29) is 11.5 Å². The molecule has 0 unspecified atom stereocenters. The van der Waals surface area contributed by atoms with Crippen molar-refractivity contribution < 1.29 is 18.3 Å². The Morgan fingerprint density at radius 1 is 0.833 bits per heavy atom. The lowest BCUT2D eigenvalue weighted by Gasteiger charge is -2.37. The van der Waals surface area contributed by atoms with Gasteiger partial charge in [-0.05, 0) is 62.5 Å². The van der Waals surface area contributed by atoms with Gasteiger partial charge in [0.05, 0.1) is 13.2 Å². The van der Waals surface area contributed by atoms with Gasteiger partial charge in [-0.2, -0.15) is 8.78 Å². The second-order valence-corrected chi connectivity index (χ2v) is 13.0. The van der Waals surface area contributed by atoms with E-state index < -0.39 is 20.4 Å². The molecule has 3 rings (SSSR count). The zero-order valence-electron chi connectivity index (χ0n) is 18.9. The Morgan fingerprint density at radius 3 is 2.03 bits per heavy atom. The van der Waals surface area contributed by atoms with Gasteiger partial charge in [0, 0.05) is 8.80 Å². The van der Waals surface area contributed by atoms with E-state index in [4.69, 9.17) is 9.47 Å². The zero-order chi connectivity index (χ0) is 21.3. The number of benzene rings is 1. The van der Waals surface area contributed by atoms with Crippen LogP contribution in [0, 0.1) is 29.4 Å². The Labute approximate surface area is 183 Å². The van der Waals surface area contributed by atoms with Gasteiger partial charge in [0.2, 0.25) is 11.6 Å². The van der Waals surface area contributed by atoms with E-state index in [0.29, 0.717) is 19.1 Å². The van der Waals surface area contributed by atoms with Crippen molar-refractivity contribution in [1.29, 1.82) is 0 Å². The van der Waals surface area contributed by atoms with Gasteiger partial charge < -0.3 is 9.47 Å². The van der Waals surface area contributed by atoms with Gasteiger partial charge in [-0.1, -0.05) is 57.2 Å². The molecule has 1 aliphatic carbocycles. The summed E-state index contributed by atoms with van der Waals surface area (Å²) in [6.45, 7) is 4.84. The lowest BCUT2D eigenvalue weighted by molar-refractivity contribution is 0.145. The van der Waals surface area contributed by atoms with Crippen molar-refractivity contribution >= 4 is 8.80 Å². The molecule has 2 fully saturated rings. The fraction of sp³-hybridized carbons (Fsp3) is 0.760. The van der Waals surface area contributed by atoms with Gasteiger partial charge in [0.1, 0.15) is 0 Å². The smallest absolute Gasteiger partial charge is 0.204 e. The minimum Gasteiger partial charge on any atom is -0.491 e. The molecule has 1 saturated heterocycles. The van der Waals surface area contributed by atoms with Gasteiger partial charge in [-0.15, -0.1) is 0 Å². The first-order chi connectivity index (χ1) is 14.6. The number of halogens is 2. The van der Waals surface area contributed by atoms with Crippen LogP contribution in [0.15, 0.2) is 12.1 Å². The van der Waals surface area contributed by atoms with Crippen LogP contribution in [0.4, 0.5) is 8.78 Å². The summed E-state index contributed by atoms with van der Waals surface area (Å²) in [5, 5.41) is 0. The first-order valence-corrected chi connectivity index (χ1v) is 14.8. The molecule has 0 amide bonds.